The van der Waals surface area contributed by atoms with Crippen molar-refractivity contribution < 1.29 is 14.3 Å². The second-order valence-electron chi connectivity index (χ2n) is 3.73. The zero-order chi connectivity index (χ0) is 13.5. The van der Waals surface area contributed by atoms with Crippen molar-refractivity contribution in [3.8, 4) is 0 Å². The number of aryl methyl sites for hydroxylation is 1. The fraction of sp³-hybridized carbons (Fsp3) is 0.385. The Hall–Kier alpha value is -1.62. The summed E-state index contributed by atoms with van der Waals surface area (Å²) in [6, 6.07) is 2.00. The zero-order valence-electron chi connectivity index (χ0n) is 10.8. The average molecular weight is 267 g/mol. The summed E-state index contributed by atoms with van der Waals surface area (Å²) in [5.41, 5.74) is 1.14. The van der Waals surface area contributed by atoms with Gasteiger partial charge >= 0.3 is 5.97 Å². The maximum Gasteiger partial charge on any atom is 0.325 e. The molecule has 0 radical (unpaired) electrons. The van der Waals surface area contributed by atoms with Crippen molar-refractivity contribution >= 4 is 29.3 Å². The monoisotopic (exact) mass is 267 g/mol. The molecular formula is C13H17NO3S. The summed E-state index contributed by atoms with van der Waals surface area (Å²) in [4.78, 5) is 25.5. The van der Waals surface area contributed by atoms with Gasteiger partial charge in [0.2, 0.25) is 5.91 Å². The quantitative estimate of drug-likeness (QED) is 0.606. The number of carbonyl (C=O) groups is 2. The van der Waals surface area contributed by atoms with Crippen LogP contribution in [0.2, 0.25) is 0 Å². The number of thiophene rings is 1. The number of methoxy groups -OCH3 is 1. The second-order valence-corrected chi connectivity index (χ2v) is 4.68. The Morgan fingerprint density at radius 1 is 1.50 bits per heavy atom. The summed E-state index contributed by atoms with van der Waals surface area (Å²) in [6.07, 6.45) is 3.27. The molecule has 0 bridgehead atoms. The van der Waals surface area contributed by atoms with Gasteiger partial charge in [0.25, 0.3) is 0 Å². The van der Waals surface area contributed by atoms with Crippen molar-refractivity contribution in [1.29, 1.82) is 0 Å². The van der Waals surface area contributed by atoms with Crippen molar-refractivity contribution in [1.82, 2.24) is 4.90 Å². The normalized spacial score (nSPS) is 10.6. The van der Waals surface area contributed by atoms with Gasteiger partial charge < -0.3 is 9.64 Å². The SMILES string of the molecule is CCN(CC(=O)OC)C(=O)C=Cc1sccc1C. The molecule has 0 atom stereocenters. The van der Waals surface area contributed by atoms with E-state index < -0.39 is 5.97 Å². The lowest BCUT2D eigenvalue weighted by molar-refractivity contribution is -0.145. The minimum atomic E-state index is -0.411. The number of amides is 1. The summed E-state index contributed by atoms with van der Waals surface area (Å²) in [6.45, 7) is 4.28. The van der Waals surface area contributed by atoms with Crippen LogP contribution in [0.1, 0.15) is 17.4 Å². The Morgan fingerprint density at radius 2 is 2.22 bits per heavy atom. The van der Waals surface area contributed by atoms with Gasteiger partial charge in [-0.3, -0.25) is 9.59 Å². The first-order chi connectivity index (χ1) is 8.58. The first-order valence-electron chi connectivity index (χ1n) is 5.66. The lowest BCUT2D eigenvalue weighted by Crippen LogP contribution is -2.34. The van der Waals surface area contributed by atoms with Crippen molar-refractivity contribution in [2.24, 2.45) is 0 Å². The largest absolute Gasteiger partial charge is 0.468 e. The van der Waals surface area contributed by atoms with Crippen LogP contribution in [-0.2, 0) is 14.3 Å². The van der Waals surface area contributed by atoms with Crippen LogP contribution in [0.4, 0.5) is 0 Å². The molecule has 1 rings (SSSR count). The lowest BCUT2D eigenvalue weighted by Gasteiger charge is -2.17. The maximum absolute atomic E-state index is 11.9. The first-order valence-corrected chi connectivity index (χ1v) is 6.54. The van der Waals surface area contributed by atoms with E-state index in [0.29, 0.717) is 6.54 Å². The minimum Gasteiger partial charge on any atom is -0.468 e. The van der Waals surface area contributed by atoms with E-state index in [1.165, 1.54) is 18.1 Å². The van der Waals surface area contributed by atoms with Gasteiger partial charge in [-0.1, -0.05) is 0 Å². The molecular weight excluding hydrogens is 250 g/mol. The fourth-order valence-corrected chi connectivity index (χ4v) is 2.19. The molecule has 0 N–H and O–H groups in total. The van der Waals surface area contributed by atoms with E-state index in [2.05, 4.69) is 4.74 Å². The van der Waals surface area contributed by atoms with E-state index in [-0.39, 0.29) is 12.5 Å². The highest BCUT2D eigenvalue weighted by Crippen LogP contribution is 2.17. The lowest BCUT2D eigenvalue weighted by atomic mass is 10.2. The van der Waals surface area contributed by atoms with E-state index in [1.807, 2.05) is 25.3 Å². The van der Waals surface area contributed by atoms with Crippen LogP contribution in [0.5, 0.6) is 0 Å². The van der Waals surface area contributed by atoms with Crippen LogP contribution in [0.3, 0.4) is 0 Å². The highest BCUT2D eigenvalue weighted by molar-refractivity contribution is 7.11. The molecule has 5 heteroatoms. The Morgan fingerprint density at radius 3 is 2.72 bits per heavy atom. The van der Waals surface area contributed by atoms with Gasteiger partial charge in [0.15, 0.2) is 0 Å². The fourth-order valence-electron chi connectivity index (χ4n) is 1.37. The second kappa shape index (κ2) is 6.96. The number of carbonyl (C=O) groups excluding carboxylic acids is 2. The molecule has 0 fully saturated rings. The molecule has 0 unspecified atom stereocenters. The van der Waals surface area contributed by atoms with Gasteiger partial charge in [-0.15, -0.1) is 11.3 Å². The Bertz CT molecular complexity index is 451. The van der Waals surface area contributed by atoms with Crippen LogP contribution >= 0.6 is 11.3 Å². The summed E-state index contributed by atoms with van der Waals surface area (Å²) >= 11 is 1.58. The van der Waals surface area contributed by atoms with E-state index in [0.717, 1.165) is 10.4 Å². The molecule has 4 nitrogen and oxygen atoms in total. The van der Waals surface area contributed by atoms with Crippen LogP contribution in [0.25, 0.3) is 6.08 Å². The molecule has 0 saturated carbocycles. The molecule has 0 aromatic carbocycles. The Labute approximate surface area is 111 Å². The maximum atomic E-state index is 11.9. The van der Waals surface area contributed by atoms with Gasteiger partial charge in [0.1, 0.15) is 6.54 Å². The number of likely N-dealkylation sites (N-methyl/N-ethyl adjacent to an activating group) is 1. The number of hydrogen-bond donors (Lipinski definition) is 0. The number of nitrogens with zero attached hydrogens (tertiary/aromatic N) is 1. The van der Waals surface area contributed by atoms with E-state index in [9.17, 15) is 9.59 Å². The minimum absolute atomic E-state index is 0.0143. The van der Waals surface area contributed by atoms with Crippen molar-refractivity contribution in [2.45, 2.75) is 13.8 Å². The molecule has 0 spiro atoms. The Kier molecular flexibility index (Phi) is 5.58. The molecule has 0 aliphatic rings. The van der Waals surface area contributed by atoms with Crippen LogP contribution in [0, 0.1) is 6.92 Å². The summed E-state index contributed by atoms with van der Waals surface area (Å²) in [5, 5.41) is 1.98. The van der Waals surface area contributed by atoms with Crippen LogP contribution < -0.4 is 0 Å². The molecule has 1 aromatic heterocycles. The third-order valence-electron chi connectivity index (χ3n) is 2.52. The number of rotatable bonds is 5. The number of ether oxygens (including phenoxy) is 1. The molecule has 0 saturated heterocycles. The predicted molar refractivity (Wildman–Crippen MR) is 72.4 cm³/mol. The highest BCUT2D eigenvalue weighted by atomic mass is 32.1. The zero-order valence-corrected chi connectivity index (χ0v) is 11.6. The smallest absolute Gasteiger partial charge is 0.325 e. The van der Waals surface area contributed by atoms with Crippen molar-refractivity contribution in [3.63, 3.8) is 0 Å². The summed E-state index contributed by atoms with van der Waals surface area (Å²) in [5.74, 6) is -0.596. The summed E-state index contributed by atoms with van der Waals surface area (Å²) < 4.78 is 4.55. The van der Waals surface area contributed by atoms with E-state index >= 15 is 0 Å². The average Bonchev–Trinajstić information content (AvgIpc) is 2.78. The van der Waals surface area contributed by atoms with Crippen molar-refractivity contribution in [2.75, 3.05) is 20.2 Å². The van der Waals surface area contributed by atoms with Crippen LogP contribution in [0.15, 0.2) is 17.5 Å². The molecule has 0 aliphatic heterocycles. The van der Waals surface area contributed by atoms with E-state index in [4.69, 9.17) is 0 Å². The molecule has 18 heavy (non-hydrogen) atoms. The van der Waals surface area contributed by atoms with Gasteiger partial charge in [-0.2, -0.15) is 0 Å². The topological polar surface area (TPSA) is 46.6 Å². The predicted octanol–water partition coefficient (Wildman–Crippen LogP) is 2.09. The summed E-state index contributed by atoms with van der Waals surface area (Å²) in [7, 11) is 1.31. The van der Waals surface area contributed by atoms with Gasteiger partial charge in [-0.25, -0.2) is 0 Å². The number of esters is 1. The molecule has 0 aliphatic carbocycles. The first kappa shape index (κ1) is 14.4. The molecule has 1 aromatic rings. The van der Waals surface area contributed by atoms with Gasteiger partial charge in [0.05, 0.1) is 7.11 Å². The molecule has 1 heterocycles. The number of hydrogen-bond acceptors (Lipinski definition) is 4. The molecule has 1 amide bonds. The van der Waals surface area contributed by atoms with Gasteiger partial charge in [0, 0.05) is 17.5 Å². The Balaban J connectivity index is 2.65. The van der Waals surface area contributed by atoms with Gasteiger partial charge in [-0.05, 0) is 36.9 Å². The third-order valence-corrected chi connectivity index (χ3v) is 3.50. The van der Waals surface area contributed by atoms with Crippen molar-refractivity contribution in [3.05, 3.63) is 28.0 Å². The van der Waals surface area contributed by atoms with Crippen LogP contribution in [-0.4, -0.2) is 37.0 Å². The molecule has 98 valence electrons. The standard InChI is InChI=1S/C13H17NO3S/c1-4-14(9-13(16)17-3)12(15)6-5-11-10(2)7-8-18-11/h5-8H,4,9H2,1-3H3. The third kappa shape index (κ3) is 4.00. The van der Waals surface area contributed by atoms with E-state index in [1.54, 1.807) is 17.4 Å². The highest BCUT2D eigenvalue weighted by Gasteiger charge is 2.13.